The Labute approximate surface area is 516 Å². The van der Waals surface area contributed by atoms with Gasteiger partial charge in [0.25, 0.3) is 6.71 Å². The number of hydrogen-bond donors (Lipinski definition) is 0. The molecule has 0 saturated carbocycles. The number of benzene rings is 9. The van der Waals surface area contributed by atoms with Crippen LogP contribution >= 0.6 is 11.3 Å². The predicted octanol–water partition coefficient (Wildman–Crippen LogP) is 18.0. The van der Waals surface area contributed by atoms with Gasteiger partial charge in [-0.2, -0.15) is 0 Å². The number of hydrogen-bond acceptors (Lipinski definition) is 6. The lowest BCUT2D eigenvalue weighted by molar-refractivity contribution is 0.487. The minimum atomic E-state index is -0.267. The van der Waals surface area contributed by atoms with E-state index in [-0.39, 0.29) is 40.5 Å². The van der Waals surface area contributed by atoms with Crippen molar-refractivity contribution in [2.45, 2.75) is 131 Å². The van der Waals surface area contributed by atoms with Crippen LogP contribution in [0.3, 0.4) is 0 Å². The molecule has 0 amide bonds. The van der Waals surface area contributed by atoms with E-state index in [0.717, 1.165) is 106 Å². The summed E-state index contributed by atoms with van der Waals surface area (Å²) in [5, 5.41) is 4.64. The molecule has 4 aliphatic heterocycles. The van der Waals surface area contributed by atoms with Crippen LogP contribution in [0.4, 0.5) is 34.1 Å². The molecular weight excluding hydrogens is 1080 g/mol. The van der Waals surface area contributed by atoms with E-state index in [2.05, 4.69) is 288 Å². The SMILES string of the molecule is CC(C)(C)c1ccc(-n2c3cc4c(cc3c3cc5c(cc32)Oc2cccc3c2B5c2sc5ccccc5c2N3c2cc(C(C)(C)C)cc(C(C)(C)C)c2)B2c3oc5ccccc5c3N(c3cc(C(C)(C)C)cc(C(C)(C)C)c3)c3cccc(c32)O4)cc1. The number of aromatic nitrogens is 1. The maximum absolute atomic E-state index is 7.40. The summed E-state index contributed by atoms with van der Waals surface area (Å²) < 4.78 is 27.1. The summed E-state index contributed by atoms with van der Waals surface area (Å²) in [5.41, 5.74) is 22.6. The van der Waals surface area contributed by atoms with Crippen LogP contribution in [0.1, 0.15) is 132 Å². The summed E-state index contributed by atoms with van der Waals surface area (Å²) >= 11 is 1.92. The van der Waals surface area contributed by atoms with Gasteiger partial charge in [-0.05, 0) is 150 Å². The van der Waals surface area contributed by atoms with Gasteiger partial charge in [0.1, 0.15) is 28.6 Å². The van der Waals surface area contributed by atoms with Crippen LogP contribution in [0, 0.1) is 0 Å². The van der Waals surface area contributed by atoms with Crippen molar-refractivity contribution in [3.8, 4) is 28.7 Å². The molecule has 430 valence electrons. The van der Waals surface area contributed by atoms with Gasteiger partial charge in [0.15, 0.2) is 0 Å². The van der Waals surface area contributed by atoms with Gasteiger partial charge in [0.05, 0.1) is 28.1 Å². The molecule has 3 aromatic heterocycles. The zero-order valence-electron chi connectivity index (χ0n) is 52.8. The first-order chi connectivity index (χ1) is 41.3. The summed E-state index contributed by atoms with van der Waals surface area (Å²) in [6, 6.07) is 64.1. The standard InChI is InChI=1S/C78H73B2N3O3S/c1-74(2,3)44-30-32-49(33-31-44)81-60-42-65-56(79-68-58(24-20-27-63(68)84-65)82(70-52-22-16-18-26-62(52)86-72(70)79)50-36-45(75(4,5)6)34-46(37-50)76(7,8)9)40-54(60)55-41-57-66(43-61(55)81)85-64-28-21-25-59-69(64)80(57)73-71(53-23-17-19-29-67(53)87-73)83(59)51-38-47(77(10,11)12)35-48(39-51)78(13,14)15/h16-43H,1-15H3. The minimum absolute atomic E-state index is 0.0156. The first-order valence-electron chi connectivity index (χ1n) is 31.1. The highest BCUT2D eigenvalue weighted by Gasteiger charge is 2.48. The number of ether oxygens (including phenoxy) is 2. The van der Waals surface area contributed by atoms with Gasteiger partial charge in [-0.25, -0.2) is 0 Å². The van der Waals surface area contributed by atoms with Crippen LogP contribution in [0.15, 0.2) is 174 Å². The molecule has 0 bridgehead atoms. The molecule has 0 aliphatic carbocycles. The molecule has 87 heavy (non-hydrogen) atoms. The minimum Gasteiger partial charge on any atom is -0.468 e. The molecule has 0 unspecified atom stereocenters. The molecule has 7 heterocycles. The second-order valence-corrected chi connectivity index (χ2v) is 31.3. The fourth-order valence-electron chi connectivity index (χ4n) is 14.4. The van der Waals surface area contributed by atoms with E-state index >= 15 is 0 Å². The Morgan fingerprint density at radius 2 is 0.828 bits per heavy atom. The highest BCUT2D eigenvalue weighted by atomic mass is 32.1. The quantitative estimate of drug-likeness (QED) is 0.165. The number of rotatable bonds is 3. The third-order valence-corrected chi connectivity index (χ3v) is 20.4. The van der Waals surface area contributed by atoms with Crippen LogP contribution < -0.4 is 51.6 Å². The molecule has 0 fully saturated rings. The number of thiophene rings is 1. The summed E-state index contributed by atoms with van der Waals surface area (Å²) in [6.07, 6.45) is 0. The van der Waals surface area contributed by atoms with Crippen molar-refractivity contribution in [1.29, 1.82) is 0 Å². The number of nitrogens with zero attached hydrogens (tertiary/aromatic N) is 3. The van der Waals surface area contributed by atoms with Gasteiger partial charge in [-0.15, -0.1) is 11.3 Å². The van der Waals surface area contributed by atoms with Crippen LogP contribution in [0.5, 0.6) is 23.0 Å². The van der Waals surface area contributed by atoms with Crippen molar-refractivity contribution in [2.75, 3.05) is 9.80 Å². The Hall–Kier alpha value is -8.39. The van der Waals surface area contributed by atoms with Gasteiger partial charge in [-0.3, -0.25) is 0 Å². The van der Waals surface area contributed by atoms with Crippen LogP contribution in [-0.2, 0) is 27.1 Å². The van der Waals surface area contributed by atoms with E-state index in [1.165, 1.54) is 59.5 Å². The Kier molecular flexibility index (Phi) is 11.2. The van der Waals surface area contributed by atoms with Gasteiger partial charge >= 0.3 is 6.71 Å². The van der Waals surface area contributed by atoms with Crippen molar-refractivity contribution in [1.82, 2.24) is 4.57 Å². The van der Waals surface area contributed by atoms with Gasteiger partial charge < -0.3 is 28.3 Å². The summed E-state index contributed by atoms with van der Waals surface area (Å²) in [6.45, 7) is 34.4. The molecule has 6 nitrogen and oxygen atoms in total. The molecule has 0 radical (unpaired) electrons. The first kappa shape index (κ1) is 54.0. The van der Waals surface area contributed by atoms with Crippen molar-refractivity contribution in [2.24, 2.45) is 0 Å². The fraction of sp³-hybridized carbons (Fsp3) is 0.256. The Morgan fingerprint density at radius 1 is 0.368 bits per heavy atom. The van der Waals surface area contributed by atoms with Crippen molar-refractivity contribution < 1.29 is 13.9 Å². The van der Waals surface area contributed by atoms with E-state index in [9.17, 15) is 0 Å². The van der Waals surface area contributed by atoms with Crippen LogP contribution in [0.25, 0.3) is 48.5 Å². The van der Waals surface area contributed by atoms with Crippen LogP contribution in [-0.4, -0.2) is 18.0 Å². The monoisotopic (exact) mass is 1150 g/mol. The number of fused-ring (bicyclic) bond motifs is 15. The molecule has 9 heteroatoms. The number of anilines is 6. The lowest BCUT2D eigenvalue weighted by Gasteiger charge is -2.39. The van der Waals surface area contributed by atoms with Crippen molar-refractivity contribution in [3.63, 3.8) is 0 Å². The van der Waals surface area contributed by atoms with E-state index in [1.807, 2.05) is 11.3 Å². The summed E-state index contributed by atoms with van der Waals surface area (Å²) in [5.74, 6) is 3.42. The molecule has 12 aromatic rings. The zero-order chi connectivity index (χ0) is 60.3. The van der Waals surface area contributed by atoms with Gasteiger partial charge in [0.2, 0.25) is 0 Å². The third kappa shape index (κ3) is 8.13. The zero-order valence-corrected chi connectivity index (χ0v) is 53.6. The highest BCUT2D eigenvalue weighted by Crippen LogP contribution is 2.51. The fourth-order valence-corrected chi connectivity index (χ4v) is 15.7. The third-order valence-electron chi connectivity index (χ3n) is 19.2. The molecule has 4 aliphatic rings. The van der Waals surface area contributed by atoms with E-state index < -0.39 is 0 Å². The van der Waals surface area contributed by atoms with Crippen LogP contribution in [0.2, 0.25) is 0 Å². The second kappa shape index (κ2) is 18.1. The summed E-state index contributed by atoms with van der Waals surface area (Å²) in [7, 11) is 0. The topological polar surface area (TPSA) is 43.0 Å². The average molecular weight is 1150 g/mol. The van der Waals surface area contributed by atoms with E-state index in [0.29, 0.717) is 0 Å². The molecule has 0 N–H and O–H groups in total. The smallest absolute Gasteiger partial charge is 0.301 e. The molecular formula is C78H73B2N3O3S. The summed E-state index contributed by atoms with van der Waals surface area (Å²) in [4.78, 5) is 5.03. The van der Waals surface area contributed by atoms with Gasteiger partial charge in [0, 0.05) is 77.1 Å². The van der Waals surface area contributed by atoms with Gasteiger partial charge in [-0.1, -0.05) is 183 Å². The molecule has 9 aromatic carbocycles. The highest BCUT2D eigenvalue weighted by molar-refractivity contribution is 7.33. The Balaban J connectivity index is 0.951. The normalized spacial score (nSPS) is 14.5. The number of para-hydroxylation sites is 1. The molecule has 0 spiro atoms. The molecule has 0 saturated heterocycles. The number of furan rings is 1. The largest absolute Gasteiger partial charge is 0.468 e. The maximum atomic E-state index is 7.40. The van der Waals surface area contributed by atoms with E-state index in [4.69, 9.17) is 13.9 Å². The average Bonchev–Trinajstić information content (AvgIpc) is 1.65. The lowest BCUT2D eigenvalue weighted by Crippen LogP contribution is -2.59. The first-order valence-corrected chi connectivity index (χ1v) is 31.9. The predicted molar refractivity (Wildman–Crippen MR) is 371 cm³/mol. The molecule has 0 atom stereocenters. The lowest BCUT2D eigenvalue weighted by atomic mass is 9.36. The Bertz CT molecular complexity index is 4580. The second-order valence-electron chi connectivity index (χ2n) is 30.2. The Morgan fingerprint density at radius 3 is 1.34 bits per heavy atom. The molecule has 16 rings (SSSR count). The van der Waals surface area contributed by atoms with E-state index in [1.54, 1.807) is 0 Å². The van der Waals surface area contributed by atoms with Crippen molar-refractivity contribution in [3.05, 3.63) is 198 Å². The maximum Gasteiger partial charge on any atom is 0.301 e. The van der Waals surface area contributed by atoms with Crippen molar-refractivity contribution >= 4 is 134 Å².